The number of hydrogen-bond acceptors (Lipinski definition) is 1. The molecule has 3 atom stereocenters. The quantitative estimate of drug-likeness (QED) is 0.548. The molecule has 0 bridgehead atoms. The molecule has 0 aromatic carbocycles. The summed E-state index contributed by atoms with van der Waals surface area (Å²) < 4.78 is 17.1. The molecule has 90 valence electrons. The first-order valence-corrected chi connectivity index (χ1v) is 6.01. The predicted molar refractivity (Wildman–Crippen MR) is 63.5 cm³/mol. The third kappa shape index (κ3) is 6.67. The smallest absolute Gasteiger partial charge is 0.188 e. The Morgan fingerprint density at radius 1 is 1.20 bits per heavy atom. The number of alkyl halides is 1. The van der Waals surface area contributed by atoms with E-state index in [9.17, 15) is 4.39 Å². The molecule has 0 saturated carbocycles. The Hall–Kier alpha value is -0.370. The van der Waals surface area contributed by atoms with Gasteiger partial charge in [-0.05, 0) is 18.3 Å². The van der Waals surface area contributed by atoms with Crippen molar-refractivity contribution in [3.05, 3.63) is 12.2 Å². The van der Waals surface area contributed by atoms with E-state index >= 15 is 0 Å². The first kappa shape index (κ1) is 14.6. The van der Waals surface area contributed by atoms with Crippen molar-refractivity contribution in [3.8, 4) is 0 Å². The molecule has 2 heteroatoms. The van der Waals surface area contributed by atoms with Gasteiger partial charge in [0.15, 0.2) is 6.86 Å². The zero-order valence-electron chi connectivity index (χ0n) is 10.5. The fourth-order valence-corrected chi connectivity index (χ4v) is 1.46. The van der Waals surface area contributed by atoms with E-state index in [1.807, 2.05) is 6.08 Å². The average Bonchev–Trinajstić information content (AvgIpc) is 2.25. The zero-order chi connectivity index (χ0) is 11.7. The first-order valence-electron chi connectivity index (χ1n) is 6.01. The fraction of sp³-hybridized carbons (Fsp3) is 0.846. The van der Waals surface area contributed by atoms with Crippen LogP contribution in [0.2, 0.25) is 0 Å². The van der Waals surface area contributed by atoms with Crippen molar-refractivity contribution in [3.63, 3.8) is 0 Å². The summed E-state index contributed by atoms with van der Waals surface area (Å²) in [4.78, 5) is 0. The van der Waals surface area contributed by atoms with Gasteiger partial charge in [-0.3, -0.25) is 0 Å². The lowest BCUT2D eigenvalue weighted by Gasteiger charge is -2.16. The third-order valence-corrected chi connectivity index (χ3v) is 3.02. The molecule has 0 N–H and O–H groups in total. The van der Waals surface area contributed by atoms with Crippen LogP contribution in [0, 0.1) is 11.8 Å². The van der Waals surface area contributed by atoms with Gasteiger partial charge in [0.2, 0.25) is 0 Å². The van der Waals surface area contributed by atoms with Gasteiger partial charge in [-0.1, -0.05) is 52.7 Å². The van der Waals surface area contributed by atoms with Crippen molar-refractivity contribution in [1.29, 1.82) is 0 Å². The van der Waals surface area contributed by atoms with Crippen molar-refractivity contribution in [2.75, 3.05) is 6.86 Å². The van der Waals surface area contributed by atoms with Crippen LogP contribution in [0.4, 0.5) is 4.39 Å². The van der Waals surface area contributed by atoms with Crippen LogP contribution >= 0.6 is 0 Å². The number of halogens is 1. The number of allylic oxidation sites excluding steroid dienone is 1. The maximum atomic E-state index is 12.1. The Balaban J connectivity index is 4.06. The maximum absolute atomic E-state index is 12.1. The lowest BCUT2D eigenvalue weighted by Crippen LogP contribution is -2.10. The lowest BCUT2D eigenvalue weighted by atomic mass is 9.93. The molecule has 15 heavy (non-hydrogen) atoms. The summed E-state index contributed by atoms with van der Waals surface area (Å²) in [7, 11) is 0. The summed E-state index contributed by atoms with van der Waals surface area (Å²) in [5.41, 5.74) is 0. The summed E-state index contributed by atoms with van der Waals surface area (Å²) in [6.45, 7) is 8.02. The highest BCUT2D eigenvalue weighted by Gasteiger charge is 2.08. The minimum atomic E-state index is -0.688. The predicted octanol–water partition coefficient (Wildman–Crippen LogP) is 4.34. The van der Waals surface area contributed by atoms with Gasteiger partial charge < -0.3 is 4.74 Å². The van der Waals surface area contributed by atoms with Crippen LogP contribution in [0.3, 0.4) is 0 Å². The number of ether oxygens (including phenoxy) is 1. The highest BCUT2D eigenvalue weighted by atomic mass is 19.1. The van der Waals surface area contributed by atoms with Gasteiger partial charge in [0.25, 0.3) is 0 Å². The fourth-order valence-electron chi connectivity index (χ4n) is 1.46. The van der Waals surface area contributed by atoms with Crippen LogP contribution in [0.15, 0.2) is 12.2 Å². The monoisotopic (exact) mass is 216 g/mol. The first-order chi connectivity index (χ1) is 7.15. The molecular weight excluding hydrogens is 191 g/mol. The van der Waals surface area contributed by atoms with Gasteiger partial charge in [0.05, 0.1) is 6.10 Å². The molecule has 0 fully saturated rings. The summed E-state index contributed by atoms with van der Waals surface area (Å²) in [6.07, 6.45) is 7.21. The summed E-state index contributed by atoms with van der Waals surface area (Å²) in [5.74, 6) is 1.21. The van der Waals surface area contributed by atoms with Gasteiger partial charge in [-0.25, -0.2) is 4.39 Å². The normalized spacial score (nSPS) is 17.9. The van der Waals surface area contributed by atoms with Gasteiger partial charge in [-0.2, -0.15) is 0 Å². The second-order valence-electron chi connectivity index (χ2n) is 4.23. The van der Waals surface area contributed by atoms with Crippen LogP contribution in [0.1, 0.15) is 47.0 Å². The molecule has 0 radical (unpaired) electrons. The van der Waals surface area contributed by atoms with Gasteiger partial charge >= 0.3 is 0 Å². The van der Waals surface area contributed by atoms with E-state index in [1.54, 1.807) is 0 Å². The van der Waals surface area contributed by atoms with Gasteiger partial charge in [0.1, 0.15) is 0 Å². The molecule has 3 unspecified atom stereocenters. The largest absolute Gasteiger partial charge is 0.343 e. The number of rotatable bonds is 8. The van der Waals surface area contributed by atoms with Crippen molar-refractivity contribution >= 4 is 0 Å². The topological polar surface area (TPSA) is 9.23 Å². The Bertz CT molecular complexity index is 162. The van der Waals surface area contributed by atoms with Gasteiger partial charge in [0, 0.05) is 0 Å². The van der Waals surface area contributed by atoms with Crippen LogP contribution in [-0.4, -0.2) is 13.0 Å². The van der Waals surface area contributed by atoms with E-state index in [0.717, 1.165) is 12.8 Å². The van der Waals surface area contributed by atoms with E-state index in [2.05, 4.69) is 33.8 Å². The molecule has 0 aliphatic carbocycles. The Kier molecular flexibility index (Phi) is 8.68. The van der Waals surface area contributed by atoms with Gasteiger partial charge in [-0.15, -0.1) is 0 Å². The molecule has 0 aliphatic rings. The standard InChI is InChI=1S/C13H25FO/c1-5-7-13(15-10-14)9-8-12(4)11(3)6-2/h8-9,11-13H,5-7,10H2,1-4H3. The molecule has 0 aromatic rings. The minimum Gasteiger partial charge on any atom is -0.343 e. The molecule has 0 spiro atoms. The second-order valence-corrected chi connectivity index (χ2v) is 4.23. The molecule has 0 aliphatic heterocycles. The number of hydrogen-bond donors (Lipinski definition) is 0. The van der Waals surface area contributed by atoms with Crippen molar-refractivity contribution in [2.24, 2.45) is 11.8 Å². The van der Waals surface area contributed by atoms with Crippen LogP contribution < -0.4 is 0 Å². The molecule has 0 aromatic heterocycles. The SMILES string of the molecule is CCCC(C=CC(C)C(C)CC)OCF. The molecule has 0 heterocycles. The second kappa shape index (κ2) is 8.90. The Morgan fingerprint density at radius 3 is 2.33 bits per heavy atom. The van der Waals surface area contributed by atoms with Crippen molar-refractivity contribution in [2.45, 2.75) is 53.1 Å². The van der Waals surface area contributed by atoms with Crippen LogP contribution in [0.5, 0.6) is 0 Å². The lowest BCUT2D eigenvalue weighted by molar-refractivity contribution is 0.0158. The Morgan fingerprint density at radius 2 is 1.87 bits per heavy atom. The van der Waals surface area contributed by atoms with Crippen LogP contribution in [0.25, 0.3) is 0 Å². The van der Waals surface area contributed by atoms with E-state index in [0.29, 0.717) is 11.8 Å². The highest BCUT2D eigenvalue weighted by Crippen LogP contribution is 2.16. The molecule has 0 saturated heterocycles. The highest BCUT2D eigenvalue weighted by molar-refractivity contribution is 4.93. The summed E-state index contributed by atoms with van der Waals surface area (Å²) in [6, 6.07) is 0. The van der Waals surface area contributed by atoms with Crippen LogP contribution in [-0.2, 0) is 4.74 Å². The molecule has 0 amide bonds. The van der Waals surface area contributed by atoms with E-state index in [4.69, 9.17) is 4.74 Å². The summed E-state index contributed by atoms with van der Waals surface area (Å²) >= 11 is 0. The van der Waals surface area contributed by atoms with E-state index < -0.39 is 6.86 Å². The van der Waals surface area contributed by atoms with Crippen molar-refractivity contribution < 1.29 is 9.13 Å². The molecule has 1 nitrogen and oxygen atoms in total. The maximum Gasteiger partial charge on any atom is 0.188 e. The Labute approximate surface area is 93.7 Å². The zero-order valence-corrected chi connectivity index (χ0v) is 10.5. The summed E-state index contributed by atoms with van der Waals surface area (Å²) in [5, 5.41) is 0. The minimum absolute atomic E-state index is 0.0495. The molecule has 0 rings (SSSR count). The third-order valence-electron chi connectivity index (χ3n) is 3.02. The molecular formula is C13H25FO. The van der Waals surface area contributed by atoms with Crippen molar-refractivity contribution in [1.82, 2.24) is 0 Å². The van der Waals surface area contributed by atoms with E-state index in [-0.39, 0.29) is 6.10 Å². The van der Waals surface area contributed by atoms with E-state index in [1.165, 1.54) is 6.42 Å². The average molecular weight is 216 g/mol.